The molecule has 5 heteroatoms. The van der Waals surface area contributed by atoms with Gasteiger partial charge in [0.05, 0.1) is 12.7 Å². The van der Waals surface area contributed by atoms with E-state index in [4.69, 9.17) is 4.74 Å². The maximum Gasteiger partial charge on any atom is 0.119 e. The van der Waals surface area contributed by atoms with Crippen molar-refractivity contribution in [1.29, 1.82) is 0 Å². The number of hydrogen-bond donors (Lipinski definition) is 2. The summed E-state index contributed by atoms with van der Waals surface area (Å²) in [4.78, 5) is 6.12. The SMILES string of the molecule is COc1cccc([C@@]23CCN(Cc4ccccc4)C[C@@]2(O)Cc2c([nH]c4cc(Br)ccc24)C3)c1. The average molecular weight is 517 g/mol. The van der Waals surface area contributed by atoms with Crippen LogP contribution in [-0.2, 0) is 24.8 Å². The minimum absolute atomic E-state index is 0.375. The Morgan fingerprint density at radius 1 is 1.03 bits per heavy atom. The molecule has 174 valence electrons. The third-order valence-electron chi connectivity index (χ3n) is 8.01. The van der Waals surface area contributed by atoms with Crippen LogP contribution in [0.5, 0.6) is 5.75 Å². The normalized spacial score (nSPS) is 24.6. The molecule has 0 bridgehead atoms. The number of benzene rings is 3. The van der Waals surface area contributed by atoms with Gasteiger partial charge in [0.2, 0.25) is 0 Å². The number of fused-ring (bicyclic) bond motifs is 4. The molecule has 1 aliphatic carbocycles. The third kappa shape index (κ3) is 3.49. The first kappa shape index (κ1) is 21.9. The number of piperidine rings is 1. The molecule has 4 nitrogen and oxygen atoms in total. The number of nitrogens with one attached hydrogen (secondary N) is 1. The van der Waals surface area contributed by atoms with E-state index in [-0.39, 0.29) is 5.41 Å². The number of likely N-dealkylation sites (tertiary alicyclic amines) is 1. The molecule has 0 saturated carbocycles. The van der Waals surface area contributed by atoms with Crippen LogP contribution in [0.2, 0.25) is 0 Å². The summed E-state index contributed by atoms with van der Waals surface area (Å²) in [5, 5.41) is 13.8. The molecule has 1 aliphatic heterocycles. The Balaban J connectivity index is 1.46. The van der Waals surface area contributed by atoms with Crippen LogP contribution in [0.3, 0.4) is 0 Å². The molecule has 3 aromatic carbocycles. The molecular weight excluding hydrogens is 488 g/mol. The minimum atomic E-state index is -0.887. The predicted octanol–water partition coefficient (Wildman–Crippen LogP) is 5.61. The number of β-amino-alcohol motifs (C(OH)–C–C–N with tert-alkyl or cyclic N) is 1. The van der Waals surface area contributed by atoms with Crippen molar-refractivity contribution >= 4 is 26.8 Å². The molecule has 0 amide bonds. The number of aliphatic hydroxyl groups is 1. The Kier molecular flexibility index (Phi) is 5.32. The molecule has 1 aromatic heterocycles. The van der Waals surface area contributed by atoms with E-state index in [1.807, 2.05) is 6.07 Å². The Hall–Kier alpha value is -2.60. The topological polar surface area (TPSA) is 48.5 Å². The monoisotopic (exact) mass is 516 g/mol. The quantitative estimate of drug-likeness (QED) is 0.370. The van der Waals surface area contributed by atoms with Crippen molar-refractivity contribution in [3.8, 4) is 5.75 Å². The standard InChI is InChI=1S/C29H29BrN2O2/c1-34-23-9-5-8-21(14-23)28-12-13-32(18-20-6-3-2-4-7-20)19-29(28,33)16-25-24-11-10-22(30)15-26(24)31-27(25)17-28/h2-11,14-15,31,33H,12-13,16-19H2,1H3/t28-,29-/m0/s1. The maximum atomic E-state index is 12.6. The zero-order valence-electron chi connectivity index (χ0n) is 19.4. The summed E-state index contributed by atoms with van der Waals surface area (Å²) in [6.45, 7) is 2.43. The summed E-state index contributed by atoms with van der Waals surface area (Å²) >= 11 is 3.61. The van der Waals surface area contributed by atoms with Gasteiger partial charge in [-0.3, -0.25) is 4.90 Å². The van der Waals surface area contributed by atoms with Gasteiger partial charge < -0.3 is 14.8 Å². The zero-order chi connectivity index (χ0) is 23.3. The smallest absolute Gasteiger partial charge is 0.119 e. The molecular formula is C29H29BrN2O2. The van der Waals surface area contributed by atoms with E-state index in [1.54, 1.807) is 7.11 Å². The van der Waals surface area contributed by atoms with E-state index >= 15 is 0 Å². The molecule has 0 radical (unpaired) electrons. The van der Waals surface area contributed by atoms with Crippen LogP contribution in [-0.4, -0.2) is 40.8 Å². The van der Waals surface area contributed by atoms with E-state index in [9.17, 15) is 5.11 Å². The summed E-state index contributed by atoms with van der Waals surface area (Å²) in [5.74, 6) is 0.840. The molecule has 34 heavy (non-hydrogen) atoms. The summed E-state index contributed by atoms with van der Waals surface area (Å²) < 4.78 is 6.64. The fraction of sp³-hybridized carbons (Fsp3) is 0.310. The lowest BCUT2D eigenvalue weighted by Crippen LogP contribution is -2.66. The van der Waals surface area contributed by atoms with Crippen molar-refractivity contribution in [3.63, 3.8) is 0 Å². The second-order valence-electron chi connectivity index (χ2n) is 9.92. The number of ether oxygens (including phenoxy) is 1. The number of nitrogens with zero attached hydrogens (tertiary/aromatic N) is 1. The van der Waals surface area contributed by atoms with Gasteiger partial charge in [0.1, 0.15) is 5.75 Å². The summed E-state index contributed by atoms with van der Waals surface area (Å²) in [5.41, 5.74) is 4.82. The third-order valence-corrected chi connectivity index (χ3v) is 8.50. The molecule has 1 saturated heterocycles. The molecule has 2 heterocycles. The molecule has 2 N–H and O–H groups in total. The summed E-state index contributed by atoms with van der Waals surface area (Å²) in [6, 6.07) is 25.3. The van der Waals surface area contributed by atoms with Crippen molar-refractivity contribution in [1.82, 2.24) is 9.88 Å². The van der Waals surface area contributed by atoms with Gasteiger partial charge in [0.15, 0.2) is 0 Å². The second kappa shape index (κ2) is 8.26. The van der Waals surface area contributed by atoms with Crippen molar-refractivity contribution in [2.75, 3.05) is 20.2 Å². The van der Waals surface area contributed by atoms with Crippen LogP contribution in [0, 0.1) is 0 Å². The average Bonchev–Trinajstić information content (AvgIpc) is 3.18. The molecule has 0 spiro atoms. The highest BCUT2D eigenvalue weighted by Gasteiger charge is 2.57. The number of aromatic nitrogens is 1. The first-order valence-corrected chi connectivity index (χ1v) is 12.7. The zero-order valence-corrected chi connectivity index (χ0v) is 20.9. The van der Waals surface area contributed by atoms with Crippen molar-refractivity contribution < 1.29 is 9.84 Å². The molecule has 6 rings (SSSR count). The Labute approximate surface area is 208 Å². The first-order valence-electron chi connectivity index (χ1n) is 11.9. The maximum absolute atomic E-state index is 12.6. The van der Waals surface area contributed by atoms with Gasteiger partial charge in [-0.05, 0) is 53.9 Å². The lowest BCUT2D eigenvalue weighted by Gasteiger charge is -2.56. The van der Waals surface area contributed by atoms with E-state index in [0.29, 0.717) is 13.0 Å². The summed E-state index contributed by atoms with van der Waals surface area (Å²) in [7, 11) is 1.71. The molecule has 0 unspecified atom stereocenters. The van der Waals surface area contributed by atoms with Gasteiger partial charge in [-0.2, -0.15) is 0 Å². The van der Waals surface area contributed by atoms with Crippen LogP contribution in [0.4, 0.5) is 0 Å². The van der Waals surface area contributed by atoms with Crippen molar-refractivity contribution in [2.45, 2.75) is 36.8 Å². The van der Waals surface area contributed by atoms with E-state index in [1.165, 1.54) is 27.8 Å². The van der Waals surface area contributed by atoms with Crippen LogP contribution in [0.25, 0.3) is 10.9 Å². The number of halogens is 1. The van der Waals surface area contributed by atoms with Gasteiger partial charge in [-0.1, -0.05) is 64.5 Å². The lowest BCUT2D eigenvalue weighted by atomic mass is 9.56. The molecule has 2 aliphatic rings. The summed E-state index contributed by atoms with van der Waals surface area (Å²) in [6.07, 6.45) is 2.31. The van der Waals surface area contributed by atoms with Crippen LogP contribution >= 0.6 is 15.9 Å². The van der Waals surface area contributed by atoms with E-state index < -0.39 is 5.60 Å². The van der Waals surface area contributed by atoms with Gasteiger partial charge in [-0.15, -0.1) is 0 Å². The number of aromatic amines is 1. The molecule has 4 aromatic rings. The second-order valence-corrected chi connectivity index (χ2v) is 10.8. The highest BCUT2D eigenvalue weighted by Crippen LogP contribution is 2.52. The van der Waals surface area contributed by atoms with E-state index in [0.717, 1.165) is 41.7 Å². The molecule has 2 atom stereocenters. The molecule has 1 fully saturated rings. The Morgan fingerprint density at radius 2 is 1.88 bits per heavy atom. The van der Waals surface area contributed by atoms with Crippen LogP contribution in [0.1, 0.15) is 28.8 Å². The number of H-pyrrole nitrogens is 1. The fourth-order valence-corrected chi connectivity index (χ4v) is 6.66. The van der Waals surface area contributed by atoms with Gasteiger partial charge in [0, 0.05) is 52.4 Å². The van der Waals surface area contributed by atoms with Crippen molar-refractivity contribution in [3.05, 3.63) is 99.7 Å². The largest absolute Gasteiger partial charge is 0.497 e. The Morgan fingerprint density at radius 3 is 2.71 bits per heavy atom. The number of hydrogen-bond acceptors (Lipinski definition) is 3. The van der Waals surface area contributed by atoms with Crippen molar-refractivity contribution in [2.24, 2.45) is 0 Å². The Bertz CT molecular complexity index is 1350. The number of methoxy groups -OCH3 is 1. The van der Waals surface area contributed by atoms with Crippen LogP contribution in [0.15, 0.2) is 77.3 Å². The van der Waals surface area contributed by atoms with E-state index in [2.05, 4.69) is 92.5 Å². The van der Waals surface area contributed by atoms with Crippen LogP contribution < -0.4 is 4.74 Å². The number of rotatable bonds is 4. The first-order chi connectivity index (χ1) is 16.5. The fourth-order valence-electron chi connectivity index (χ4n) is 6.30. The van der Waals surface area contributed by atoms with Gasteiger partial charge >= 0.3 is 0 Å². The highest BCUT2D eigenvalue weighted by molar-refractivity contribution is 9.10. The minimum Gasteiger partial charge on any atom is -0.497 e. The predicted molar refractivity (Wildman–Crippen MR) is 139 cm³/mol. The highest BCUT2D eigenvalue weighted by atomic mass is 79.9. The van der Waals surface area contributed by atoms with Gasteiger partial charge in [0.25, 0.3) is 0 Å². The van der Waals surface area contributed by atoms with Gasteiger partial charge in [-0.25, -0.2) is 0 Å². The lowest BCUT2D eigenvalue weighted by molar-refractivity contribution is -0.105.